The molecule has 0 radical (unpaired) electrons. The number of rotatable bonds is 6. The van der Waals surface area contributed by atoms with Gasteiger partial charge < -0.3 is 5.32 Å². The summed E-state index contributed by atoms with van der Waals surface area (Å²) < 4.78 is 28.3. The van der Waals surface area contributed by atoms with Crippen molar-refractivity contribution in [2.45, 2.75) is 32.2 Å². The highest BCUT2D eigenvalue weighted by Crippen LogP contribution is 2.20. The van der Waals surface area contributed by atoms with E-state index in [1.165, 1.54) is 0 Å². The summed E-state index contributed by atoms with van der Waals surface area (Å²) in [6.45, 7) is 5.61. The molecule has 134 valence electrons. The zero-order valence-corrected chi connectivity index (χ0v) is 16.7. The molecular formula is C18H21BrN2O3S. The fourth-order valence-electron chi connectivity index (χ4n) is 2.09. The van der Waals surface area contributed by atoms with Gasteiger partial charge in [-0.3, -0.25) is 4.79 Å². The molecule has 2 aromatic carbocycles. The number of aryl methyl sites for hydroxylation is 1. The van der Waals surface area contributed by atoms with Crippen molar-refractivity contribution in [1.82, 2.24) is 4.72 Å². The molecule has 2 aromatic rings. The van der Waals surface area contributed by atoms with Crippen LogP contribution >= 0.6 is 15.9 Å². The summed E-state index contributed by atoms with van der Waals surface area (Å²) >= 11 is 3.36. The topological polar surface area (TPSA) is 75.3 Å². The molecule has 0 aliphatic heterocycles. The van der Waals surface area contributed by atoms with E-state index in [4.69, 9.17) is 0 Å². The van der Waals surface area contributed by atoms with E-state index in [1.807, 2.05) is 20.8 Å². The van der Waals surface area contributed by atoms with Crippen LogP contribution in [-0.4, -0.2) is 14.3 Å². The van der Waals surface area contributed by atoms with E-state index in [-0.39, 0.29) is 23.3 Å². The predicted octanol–water partition coefficient (Wildman–Crippen LogP) is 3.83. The third kappa shape index (κ3) is 5.39. The standard InChI is InChI=1S/C18H21BrN2O3S/c1-12(2)18(22)21-15-6-4-5-14(10-15)11-20-25(23,24)16-7-8-17(19)13(3)9-16/h4-10,12,20H,11H2,1-3H3,(H,21,22). The number of halogens is 1. The molecule has 0 saturated carbocycles. The Hall–Kier alpha value is -1.70. The number of anilines is 1. The Bertz CT molecular complexity index is 880. The second kappa shape index (κ2) is 8.12. The molecule has 0 fully saturated rings. The molecule has 2 N–H and O–H groups in total. The number of carbonyl (C=O) groups is 1. The van der Waals surface area contributed by atoms with Gasteiger partial charge in [0.2, 0.25) is 15.9 Å². The maximum absolute atomic E-state index is 12.4. The molecule has 0 aromatic heterocycles. The lowest BCUT2D eigenvalue weighted by atomic mass is 10.1. The Kier molecular flexibility index (Phi) is 6.37. The number of nitrogens with one attached hydrogen (secondary N) is 2. The maximum atomic E-state index is 12.4. The molecule has 7 heteroatoms. The van der Waals surface area contributed by atoms with E-state index < -0.39 is 10.0 Å². The number of amides is 1. The summed E-state index contributed by atoms with van der Waals surface area (Å²) in [6, 6.07) is 12.0. The first-order valence-electron chi connectivity index (χ1n) is 7.84. The van der Waals surface area contributed by atoms with E-state index >= 15 is 0 Å². The third-order valence-corrected chi connectivity index (χ3v) is 5.91. The third-order valence-electron chi connectivity index (χ3n) is 3.62. The summed E-state index contributed by atoms with van der Waals surface area (Å²) in [5, 5.41) is 2.80. The average Bonchev–Trinajstić information content (AvgIpc) is 2.55. The SMILES string of the molecule is Cc1cc(S(=O)(=O)NCc2cccc(NC(=O)C(C)C)c2)ccc1Br. The van der Waals surface area contributed by atoms with Gasteiger partial charge in [-0.2, -0.15) is 0 Å². The Morgan fingerprint density at radius 1 is 1.16 bits per heavy atom. The van der Waals surface area contributed by atoms with Crippen LogP contribution in [0.2, 0.25) is 0 Å². The van der Waals surface area contributed by atoms with Gasteiger partial charge in [-0.25, -0.2) is 13.1 Å². The van der Waals surface area contributed by atoms with Gasteiger partial charge in [0.1, 0.15) is 0 Å². The van der Waals surface area contributed by atoms with Gasteiger partial charge in [0, 0.05) is 22.6 Å². The monoisotopic (exact) mass is 424 g/mol. The van der Waals surface area contributed by atoms with Gasteiger partial charge >= 0.3 is 0 Å². The number of hydrogen-bond acceptors (Lipinski definition) is 3. The van der Waals surface area contributed by atoms with E-state index in [2.05, 4.69) is 26.0 Å². The summed E-state index contributed by atoms with van der Waals surface area (Å²) in [6.07, 6.45) is 0. The molecule has 1 amide bonds. The molecule has 0 unspecified atom stereocenters. The zero-order chi connectivity index (χ0) is 18.6. The molecule has 0 aliphatic rings. The molecule has 0 spiro atoms. The van der Waals surface area contributed by atoms with E-state index in [1.54, 1.807) is 42.5 Å². The zero-order valence-electron chi connectivity index (χ0n) is 14.3. The van der Waals surface area contributed by atoms with E-state index in [9.17, 15) is 13.2 Å². The first-order chi connectivity index (χ1) is 11.7. The Balaban J connectivity index is 2.10. The smallest absolute Gasteiger partial charge is 0.240 e. The number of sulfonamides is 1. The minimum absolute atomic E-state index is 0.0805. The Morgan fingerprint density at radius 2 is 1.88 bits per heavy atom. The van der Waals surface area contributed by atoms with Crippen LogP contribution in [0, 0.1) is 12.8 Å². The van der Waals surface area contributed by atoms with Crippen LogP contribution in [0.15, 0.2) is 51.8 Å². The summed E-state index contributed by atoms with van der Waals surface area (Å²) in [5.74, 6) is -0.203. The molecule has 0 saturated heterocycles. The van der Waals surface area contributed by atoms with Crippen LogP contribution in [0.3, 0.4) is 0 Å². The van der Waals surface area contributed by atoms with Crippen LogP contribution in [0.4, 0.5) is 5.69 Å². The van der Waals surface area contributed by atoms with Gasteiger partial charge in [0.15, 0.2) is 0 Å². The van der Waals surface area contributed by atoms with E-state index in [0.29, 0.717) is 5.69 Å². The van der Waals surface area contributed by atoms with Crippen molar-refractivity contribution in [2.24, 2.45) is 5.92 Å². The second-order valence-corrected chi connectivity index (χ2v) is 8.70. The number of hydrogen-bond donors (Lipinski definition) is 2. The molecule has 0 aliphatic carbocycles. The quantitative estimate of drug-likeness (QED) is 0.739. The Morgan fingerprint density at radius 3 is 2.52 bits per heavy atom. The normalized spacial score (nSPS) is 11.6. The fraction of sp³-hybridized carbons (Fsp3) is 0.278. The summed E-state index contributed by atoms with van der Waals surface area (Å²) in [4.78, 5) is 12.0. The van der Waals surface area contributed by atoms with Crippen LogP contribution < -0.4 is 10.0 Å². The molecule has 25 heavy (non-hydrogen) atoms. The largest absolute Gasteiger partial charge is 0.326 e. The Labute approximate surface area is 157 Å². The van der Waals surface area contributed by atoms with Crippen LogP contribution in [0.25, 0.3) is 0 Å². The highest BCUT2D eigenvalue weighted by molar-refractivity contribution is 9.10. The fourth-order valence-corrected chi connectivity index (χ4v) is 3.44. The van der Waals surface area contributed by atoms with Crippen molar-refractivity contribution in [3.63, 3.8) is 0 Å². The minimum Gasteiger partial charge on any atom is -0.326 e. The van der Waals surface area contributed by atoms with Gasteiger partial charge in [0.05, 0.1) is 4.90 Å². The molecule has 0 atom stereocenters. The number of carbonyl (C=O) groups excluding carboxylic acids is 1. The van der Waals surface area contributed by atoms with E-state index in [0.717, 1.165) is 15.6 Å². The molecule has 5 nitrogen and oxygen atoms in total. The first kappa shape index (κ1) is 19.6. The van der Waals surface area contributed by atoms with Crippen molar-refractivity contribution in [1.29, 1.82) is 0 Å². The maximum Gasteiger partial charge on any atom is 0.240 e. The highest BCUT2D eigenvalue weighted by atomic mass is 79.9. The average molecular weight is 425 g/mol. The van der Waals surface area contributed by atoms with Crippen molar-refractivity contribution < 1.29 is 13.2 Å². The summed E-state index contributed by atoms with van der Waals surface area (Å²) in [7, 11) is -3.61. The second-order valence-electron chi connectivity index (χ2n) is 6.08. The van der Waals surface area contributed by atoms with Gasteiger partial charge in [0.25, 0.3) is 0 Å². The molecular weight excluding hydrogens is 404 g/mol. The lowest BCUT2D eigenvalue weighted by molar-refractivity contribution is -0.118. The summed E-state index contributed by atoms with van der Waals surface area (Å²) in [5.41, 5.74) is 2.26. The van der Waals surface area contributed by atoms with Crippen LogP contribution in [0.5, 0.6) is 0 Å². The van der Waals surface area contributed by atoms with Gasteiger partial charge in [-0.1, -0.05) is 41.9 Å². The first-order valence-corrected chi connectivity index (χ1v) is 10.1. The molecule has 0 bridgehead atoms. The molecule has 2 rings (SSSR count). The van der Waals surface area contributed by atoms with Crippen molar-refractivity contribution in [3.8, 4) is 0 Å². The lowest BCUT2D eigenvalue weighted by Gasteiger charge is -2.11. The highest BCUT2D eigenvalue weighted by Gasteiger charge is 2.15. The van der Waals surface area contributed by atoms with Crippen LogP contribution in [-0.2, 0) is 21.4 Å². The predicted molar refractivity (Wildman–Crippen MR) is 103 cm³/mol. The molecule has 0 heterocycles. The minimum atomic E-state index is -3.61. The van der Waals surface area contributed by atoms with Crippen molar-refractivity contribution in [2.75, 3.05) is 5.32 Å². The van der Waals surface area contributed by atoms with Gasteiger partial charge in [-0.15, -0.1) is 0 Å². The lowest BCUT2D eigenvalue weighted by Crippen LogP contribution is -2.23. The van der Waals surface area contributed by atoms with Crippen LogP contribution in [0.1, 0.15) is 25.0 Å². The van der Waals surface area contributed by atoms with Crippen molar-refractivity contribution >= 4 is 37.5 Å². The van der Waals surface area contributed by atoms with Crippen molar-refractivity contribution in [3.05, 3.63) is 58.1 Å². The number of benzene rings is 2. The van der Waals surface area contributed by atoms with Gasteiger partial charge in [-0.05, 0) is 48.4 Å².